The van der Waals surface area contributed by atoms with Crippen LogP contribution in [0.25, 0.3) is 0 Å². The van der Waals surface area contributed by atoms with Crippen LogP contribution in [-0.2, 0) is 11.3 Å². The fraction of sp³-hybridized carbons (Fsp3) is 0.500. The summed E-state index contributed by atoms with van der Waals surface area (Å²) in [5.74, 6) is 0.469. The molecule has 0 aromatic heterocycles. The molecule has 2 aliphatic rings. The van der Waals surface area contributed by atoms with Crippen molar-refractivity contribution in [1.29, 1.82) is 0 Å². The molecule has 1 saturated carbocycles. The predicted molar refractivity (Wildman–Crippen MR) is 64.1 cm³/mol. The Morgan fingerprint density at radius 2 is 2.12 bits per heavy atom. The number of benzene rings is 1. The molecule has 1 aromatic rings. The first-order chi connectivity index (χ1) is 8.26. The Bertz CT molecular complexity index is 431. The van der Waals surface area contributed by atoms with Gasteiger partial charge < -0.3 is 10.0 Å². The van der Waals surface area contributed by atoms with Crippen LogP contribution in [0.1, 0.15) is 18.4 Å². The van der Waals surface area contributed by atoms with Crippen LogP contribution in [0.5, 0.6) is 0 Å². The van der Waals surface area contributed by atoms with Crippen molar-refractivity contribution >= 4 is 5.91 Å². The van der Waals surface area contributed by atoms with Gasteiger partial charge in [0, 0.05) is 19.7 Å². The molecule has 1 amide bonds. The SMILES string of the molecule is O=C1N(Cc2ccccc2)CC[C@]12C[C@H]2CO. The molecule has 2 fully saturated rings. The maximum atomic E-state index is 12.3. The smallest absolute Gasteiger partial charge is 0.229 e. The molecule has 17 heavy (non-hydrogen) atoms. The Morgan fingerprint density at radius 3 is 2.76 bits per heavy atom. The molecule has 1 aliphatic heterocycles. The van der Waals surface area contributed by atoms with Crippen LogP contribution in [-0.4, -0.2) is 29.1 Å². The lowest BCUT2D eigenvalue weighted by molar-refractivity contribution is -0.133. The zero-order valence-electron chi connectivity index (χ0n) is 9.80. The molecular formula is C14H17NO2. The van der Waals surface area contributed by atoms with E-state index < -0.39 is 0 Å². The lowest BCUT2D eigenvalue weighted by Gasteiger charge is -2.16. The molecule has 2 atom stereocenters. The summed E-state index contributed by atoms with van der Waals surface area (Å²) in [6.45, 7) is 1.70. The first-order valence-electron chi connectivity index (χ1n) is 6.20. The lowest BCUT2D eigenvalue weighted by atomic mass is 10.0. The minimum atomic E-state index is -0.191. The molecule has 1 heterocycles. The highest BCUT2D eigenvalue weighted by atomic mass is 16.3. The fourth-order valence-corrected chi connectivity index (χ4v) is 3.00. The molecule has 1 aliphatic carbocycles. The number of aliphatic hydroxyl groups is 1. The molecule has 0 bridgehead atoms. The molecule has 0 unspecified atom stereocenters. The summed E-state index contributed by atoms with van der Waals surface area (Å²) in [7, 11) is 0. The minimum Gasteiger partial charge on any atom is -0.396 e. The number of carbonyl (C=O) groups is 1. The van der Waals surface area contributed by atoms with Crippen molar-refractivity contribution in [3.63, 3.8) is 0 Å². The largest absolute Gasteiger partial charge is 0.396 e. The van der Waals surface area contributed by atoms with Gasteiger partial charge in [0.05, 0.1) is 5.41 Å². The third kappa shape index (κ3) is 1.65. The molecule has 3 rings (SSSR count). The Hall–Kier alpha value is -1.35. The number of hydrogen-bond acceptors (Lipinski definition) is 2. The van der Waals surface area contributed by atoms with Gasteiger partial charge in [-0.25, -0.2) is 0 Å². The fourth-order valence-electron chi connectivity index (χ4n) is 3.00. The highest BCUT2D eigenvalue weighted by Gasteiger charge is 2.63. The van der Waals surface area contributed by atoms with Crippen LogP contribution >= 0.6 is 0 Å². The van der Waals surface area contributed by atoms with E-state index in [4.69, 9.17) is 5.11 Å². The summed E-state index contributed by atoms with van der Waals surface area (Å²) in [5.41, 5.74) is 0.989. The quantitative estimate of drug-likeness (QED) is 0.854. The number of hydrogen-bond donors (Lipinski definition) is 1. The van der Waals surface area contributed by atoms with E-state index in [1.54, 1.807) is 0 Å². The van der Waals surface area contributed by atoms with Gasteiger partial charge in [0.2, 0.25) is 5.91 Å². The van der Waals surface area contributed by atoms with E-state index in [-0.39, 0.29) is 23.8 Å². The van der Waals surface area contributed by atoms with Crippen LogP contribution in [0.15, 0.2) is 30.3 Å². The minimum absolute atomic E-state index is 0.158. The number of amides is 1. The zero-order chi connectivity index (χ0) is 11.9. The number of carbonyl (C=O) groups excluding carboxylic acids is 1. The monoisotopic (exact) mass is 231 g/mol. The molecular weight excluding hydrogens is 214 g/mol. The predicted octanol–water partition coefficient (Wildman–Crippen LogP) is 1.42. The first kappa shape index (κ1) is 10.8. The second-order valence-corrected chi connectivity index (χ2v) is 5.20. The number of nitrogens with zero attached hydrogens (tertiary/aromatic N) is 1. The number of likely N-dealkylation sites (tertiary alicyclic amines) is 1. The van der Waals surface area contributed by atoms with Crippen LogP contribution in [0.2, 0.25) is 0 Å². The van der Waals surface area contributed by atoms with E-state index in [0.717, 1.165) is 19.4 Å². The van der Waals surface area contributed by atoms with Crippen LogP contribution in [0, 0.1) is 11.3 Å². The van der Waals surface area contributed by atoms with E-state index in [0.29, 0.717) is 6.54 Å². The van der Waals surface area contributed by atoms with Crippen molar-refractivity contribution < 1.29 is 9.90 Å². The Morgan fingerprint density at radius 1 is 1.35 bits per heavy atom. The third-order valence-electron chi connectivity index (χ3n) is 4.21. The van der Waals surface area contributed by atoms with Gasteiger partial charge in [-0.1, -0.05) is 30.3 Å². The van der Waals surface area contributed by atoms with Gasteiger partial charge in [-0.15, -0.1) is 0 Å². The van der Waals surface area contributed by atoms with E-state index in [9.17, 15) is 4.79 Å². The summed E-state index contributed by atoms with van der Waals surface area (Å²) in [4.78, 5) is 14.2. The molecule has 3 nitrogen and oxygen atoms in total. The molecule has 1 saturated heterocycles. The third-order valence-corrected chi connectivity index (χ3v) is 4.21. The van der Waals surface area contributed by atoms with Gasteiger partial charge in [-0.3, -0.25) is 4.79 Å². The summed E-state index contributed by atoms with van der Waals surface area (Å²) in [5, 5.41) is 9.15. The summed E-state index contributed by atoms with van der Waals surface area (Å²) in [6.07, 6.45) is 1.80. The maximum Gasteiger partial charge on any atom is 0.229 e. The zero-order valence-corrected chi connectivity index (χ0v) is 9.80. The van der Waals surface area contributed by atoms with Crippen molar-refractivity contribution in [3.05, 3.63) is 35.9 Å². The number of rotatable bonds is 3. The second kappa shape index (κ2) is 3.84. The lowest BCUT2D eigenvalue weighted by Crippen LogP contribution is -2.28. The van der Waals surface area contributed by atoms with Crippen molar-refractivity contribution in [2.45, 2.75) is 19.4 Å². The van der Waals surface area contributed by atoms with Gasteiger partial charge >= 0.3 is 0 Å². The van der Waals surface area contributed by atoms with Crippen molar-refractivity contribution in [2.24, 2.45) is 11.3 Å². The van der Waals surface area contributed by atoms with E-state index >= 15 is 0 Å². The van der Waals surface area contributed by atoms with Gasteiger partial charge in [0.25, 0.3) is 0 Å². The Labute approximate surface area is 101 Å². The highest BCUT2D eigenvalue weighted by molar-refractivity contribution is 5.88. The van der Waals surface area contributed by atoms with E-state index in [1.807, 2.05) is 23.1 Å². The van der Waals surface area contributed by atoms with Gasteiger partial charge in [0.15, 0.2) is 0 Å². The molecule has 1 spiro atoms. The standard InChI is InChI=1S/C14H17NO2/c16-10-12-8-14(12)6-7-15(13(14)17)9-11-4-2-1-3-5-11/h1-5,12,16H,6-10H2/t12-,14+/m0/s1. The first-order valence-corrected chi connectivity index (χ1v) is 6.20. The molecule has 1 N–H and O–H groups in total. The maximum absolute atomic E-state index is 12.3. The van der Waals surface area contributed by atoms with Crippen LogP contribution < -0.4 is 0 Å². The van der Waals surface area contributed by atoms with Crippen molar-refractivity contribution in [2.75, 3.05) is 13.2 Å². The topological polar surface area (TPSA) is 40.5 Å². The summed E-state index contributed by atoms with van der Waals surface area (Å²) >= 11 is 0. The molecule has 3 heteroatoms. The molecule has 1 aromatic carbocycles. The van der Waals surface area contributed by atoms with Crippen LogP contribution in [0.3, 0.4) is 0 Å². The summed E-state index contributed by atoms with van der Waals surface area (Å²) < 4.78 is 0. The van der Waals surface area contributed by atoms with Crippen LogP contribution in [0.4, 0.5) is 0 Å². The average Bonchev–Trinajstić information content (AvgIpc) is 3.02. The van der Waals surface area contributed by atoms with Gasteiger partial charge in [-0.2, -0.15) is 0 Å². The van der Waals surface area contributed by atoms with Gasteiger partial charge in [-0.05, 0) is 24.3 Å². The Balaban J connectivity index is 1.70. The van der Waals surface area contributed by atoms with E-state index in [1.165, 1.54) is 5.56 Å². The number of aliphatic hydroxyl groups excluding tert-OH is 1. The van der Waals surface area contributed by atoms with Gasteiger partial charge in [0.1, 0.15) is 0 Å². The average molecular weight is 231 g/mol. The molecule has 0 radical (unpaired) electrons. The summed E-state index contributed by atoms with van der Waals surface area (Å²) in [6, 6.07) is 10.1. The molecule has 90 valence electrons. The van der Waals surface area contributed by atoms with Crippen molar-refractivity contribution in [3.8, 4) is 0 Å². The second-order valence-electron chi connectivity index (χ2n) is 5.20. The highest BCUT2D eigenvalue weighted by Crippen LogP contribution is 2.59. The van der Waals surface area contributed by atoms with Crippen molar-refractivity contribution in [1.82, 2.24) is 4.90 Å². The van der Waals surface area contributed by atoms with E-state index in [2.05, 4.69) is 12.1 Å². The Kier molecular flexibility index (Phi) is 2.44. The normalized spacial score (nSPS) is 31.2.